The number of halogens is 4. The number of hydrogen-bond acceptors (Lipinski definition) is 11. The lowest BCUT2D eigenvalue weighted by Crippen LogP contribution is -2.52. The number of anilines is 5. The van der Waals surface area contributed by atoms with Gasteiger partial charge in [-0.2, -0.15) is 18.2 Å². The van der Waals surface area contributed by atoms with Crippen LogP contribution in [0.5, 0.6) is 11.5 Å². The fourth-order valence-corrected chi connectivity index (χ4v) is 6.29. The summed E-state index contributed by atoms with van der Waals surface area (Å²) in [5, 5.41) is 6.28. The third-order valence-corrected chi connectivity index (χ3v) is 9.09. The van der Waals surface area contributed by atoms with E-state index in [4.69, 9.17) is 4.74 Å². The number of carbonyl (C=O) groups is 2. The van der Waals surface area contributed by atoms with Gasteiger partial charge in [0.05, 0.1) is 18.4 Å². The van der Waals surface area contributed by atoms with E-state index in [2.05, 4.69) is 47.1 Å². The van der Waals surface area contributed by atoms with Crippen molar-refractivity contribution in [2.24, 2.45) is 0 Å². The highest BCUT2D eigenvalue weighted by Crippen LogP contribution is 2.37. The number of piperidine rings is 1. The Bertz CT molecular complexity index is 1860. The molecule has 0 atom stereocenters. The van der Waals surface area contributed by atoms with Crippen LogP contribution in [0.3, 0.4) is 0 Å². The quantitative estimate of drug-likeness (QED) is 0.0842. The van der Waals surface area contributed by atoms with E-state index in [1.165, 1.54) is 6.20 Å². The molecule has 0 aliphatic carbocycles. The zero-order valence-electron chi connectivity index (χ0n) is 28.0. The maximum Gasteiger partial charge on any atom is 0.491 e. The number of rotatable bonds is 10. The third-order valence-electron chi connectivity index (χ3n) is 9.09. The molecule has 0 unspecified atom stereocenters. The van der Waals surface area contributed by atoms with Crippen LogP contribution in [0, 0.1) is 5.82 Å². The number of carbonyl (C=O) groups excluding carboxylic acids is 2. The van der Waals surface area contributed by atoms with Crippen molar-refractivity contribution in [2.45, 2.75) is 25.1 Å². The van der Waals surface area contributed by atoms with Crippen molar-refractivity contribution in [1.82, 2.24) is 19.8 Å². The number of piperazine rings is 1. The Kier molecular flexibility index (Phi) is 10.7. The monoisotopic (exact) mass is 707 g/mol. The molecule has 3 aromatic carbocycles. The molecule has 15 heteroatoms. The van der Waals surface area contributed by atoms with Gasteiger partial charge in [-0.25, -0.2) is 14.2 Å². The van der Waals surface area contributed by atoms with Gasteiger partial charge in [-0.1, -0.05) is 18.2 Å². The topological polar surface area (TPSA) is 112 Å². The first-order valence-corrected chi connectivity index (χ1v) is 16.4. The Hall–Kier alpha value is -5.28. The normalized spacial score (nSPS) is 16.1. The maximum absolute atomic E-state index is 15.5. The van der Waals surface area contributed by atoms with Gasteiger partial charge in [0.25, 0.3) is 0 Å². The van der Waals surface area contributed by atoms with Gasteiger partial charge in [0.1, 0.15) is 23.1 Å². The largest absolute Gasteiger partial charge is 0.494 e. The summed E-state index contributed by atoms with van der Waals surface area (Å²) in [7, 11) is 3.73. The fraction of sp³-hybridized carbons (Fsp3) is 0.333. The van der Waals surface area contributed by atoms with Crippen molar-refractivity contribution in [3.05, 3.63) is 78.2 Å². The lowest BCUT2D eigenvalue weighted by atomic mass is 10.0. The average Bonchev–Trinajstić information content (AvgIpc) is 3.13. The molecule has 0 amide bonds. The highest BCUT2D eigenvalue weighted by atomic mass is 19.4. The van der Waals surface area contributed by atoms with Gasteiger partial charge in [-0.15, -0.1) is 0 Å². The van der Waals surface area contributed by atoms with Gasteiger partial charge in [-0.05, 0) is 50.2 Å². The van der Waals surface area contributed by atoms with Crippen LogP contribution in [0.25, 0.3) is 11.1 Å². The highest BCUT2D eigenvalue weighted by Gasteiger charge is 2.42. The van der Waals surface area contributed by atoms with Crippen molar-refractivity contribution >= 4 is 41.1 Å². The fourth-order valence-electron chi connectivity index (χ4n) is 6.29. The Morgan fingerprint density at radius 2 is 1.65 bits per heavy atom. The number of hydrogen-bond donors (Lipinski definition) is 2. The molecule has 4 aromatic rings. The zero-order valence-corrected chi connectivity index (χ0v) is 28.0. The third kappa shape index (κ3) is 8.37. The predicted molar refractivity (Wildman–Crippen MR) is 185 cm³/mol. The Morgan fingerprint density at radius 3 is 2.31 bits per heavy atom. The molecule has 6 rings (SSSR count). The van der Waals surface area contributed by atoms with Gasteiger partial charge < -0.3 is 29.9 Å². The summed E-state index contributed by atoms with van der Waals surface area (Å²) in [6, 6.07) is 16.8. The van der Waals surface area contributed by atoms with Crippen LogP contribution >= 0.6 is 0 Å². The van der Waals surface area contributed by atoms with E-state index in [0.717, 1.165) is 63.9 Å². The summed E-state index contributed by atoms with van der Waals surface area (Å²) in [6.07, 6.45) is -1.71. The van der Waals surface area contributed by atoms with Gasteiger partial charge in [0.2, 0.25) is 5.95 Å². The van der Waals surface area contributed by atoms with Gasteiger partial charge in [0, 0.05) is 86.1 Å². The summed E-state index contributed by atoms with van der Waals surface area (Å²) in [5.41, 5.74) is 1.59. The molecule has 3 heterocycles. The first kappa shape index (κ1) is 35.5. The van der Waals surface area contributed by atoms with Crippen LogP contribution in [0.15, 0.2) is 66.9 Å². The van der Waals surface area contributed by atoms with Gasteiger partial charge in [0.15, 0.2) is 6.29 Å². The predicted octanol–water partition coefficient (Wildman–Crippen LogP) is 6.27. The number of aromatic nitrogens is 2. The number of ether oxygens (including phenoxy) is 2. The molecule has 2 aliphatic rings. The molecule has 2 saturated heterocycles. The molecule has 1 aromatic heterocycles. The van der Waals surface area contributed by atoms with Crippen molar-refractivity contribution in [2.75, 3.05) is 69.0 Å². The van der Waals surface area contributed by atoms with E-state index in [0.29, 0.717) is 29.2 Å². The summed E-state index contributed by atoms with van der Waals surface area (Å²) in [6.45, 7) is 6.26. The summed E-state index contributed by atoms with van der Waals surface area (Å²) in [5.74, 6) is -3.73. The Morgan fingerprint density at radius 1 is 0.922 bits per heavy atom. The number of aldehydes is 1. The number of likely N-dealkylation sites (N-methyl/N-ethyl adjacent to an activating group) is 1. The number of nitrogens with zero attached hydrogens (tertiary/aromatic N) is 5. The lowest BCUT2D eigenvalue weighted by Gasteiger charge is -2.42. The number of alkyl halides is 3. The minimum Gasteiger partial charge on any atom is -0.494 e. The molecular weight excluding hydrogens is 670 g/mol. The van der Waals surface area contributed by atoms with Crippen LogP contribution in [0.4, 0.5) is 46.4 Å². The number of esters is 1. The zero-order chi connectivity index (χ0) is 36.1. The SMILES string of the molecule is COc1cc(N2CCC(N3CCN(C)CC3)CC2)ccc1Nc1ncc(-c2cc(C=O)c(OC(=O)C(F)(F)F)cc2F)c(Nc2ccccc2)n1. The van der Waals surface area contributed by atoms with E-state index >= 15 is 4.39 Å². The van der Waals surface area contributed by atoms with Crippen LogP contribution < -0.4 is 25.0 Å². The van der Waals surface area contributed by atoms with Crippen LogP contribution in [-0.2, 0) is 4.79 Å². The van der Waals surface area contributed by atoms with Crippen molar-refractivity contribution < 1.29 is 36.6 Å². The highest BCUT2D eigenvalue weighted by molar-refractivity contribution is 5.88. The maximum atomic E-state index is 15.5. The van der Waals surface area contributed by atoms with Gasteiger partial charge >= 0.3 is 12.1 Å². The number of para-hydroxylation sites is 1. The molecule has 0 saturated carbocycles. The molecular formula is C36H37F4N7O4. The molecule has 11 nitrogen and oxygen atoms in total. The van der Waals surface area contributed by atoms with E-state index < -0.39 is 29.3 Å². The molecule has 2 N–H and O–H groups in total. The number of methoxy groups -OCH3 is 1. The Labute approximate surface area is 292 Å². The van der Waals surface area contributed by atoms with Crippen LogP contribution in [0.2, 0.25) is 0 Å². The molecule has 2 fully saturated rings. The first-order valence-electron chi connectivity index (χ1n) is 16.4. The summed E-state index contributed by atoms with van der Waals surface area (Å²) < 4.78 is 63.9. The van der Waals surface area contributed by atoms with E-state index in [1.807, 2.05) is 24.3 Å². The smallest absolute Gasteiger partial charge is 0.491 e. The molecule has 0 bridgehead atoms. The second-order valence-corrected chi connectivity index (χ2v) is 12.4. The Balaban J connectivity index is 1.24. The molecule has 2 aliphatic heterocycles. The number of nitrogens with one attached hydrogen (secondary N) is 2. The summed E-state index contributed by atoms with van der Waals surface area (Å²) in [4.78, 5) is 39.5. The minimum absolute atomic E-state index is 0.0843. The van der Waals surface area contributed by atoms with E-state index in [1.54, 1.807) is 31.4 Å². The minimum atomic E-state index is -5.34. The average molecular weight is 708 g/mol. The second-order valence-electron chi connectivity index (χ2n) is 12.4. The van der Waals surface area contributed by atoms with Crippen LogP contribution in [-0.4, -0.2) is 97.7 Å². The molecule has 0 spiro atoms. The van der Waals surface area contributed by atoms with E-state index in [-0.39, 0.29) is 29.2 Å². The summed E-state index contributed by atoms with van der Waals surface area (Å²) >= 11 is 0. The lowest BCUT2D eigenvalue weighted by molar-refractivity contribution is -0.189. The standard InChI is InChI=1S/C36H37F4N7O4/c1-45-14-16-47(17-15-45)25-10-12-46(13-11-25)26-8-9-30(32(19-26)50-2)43-35-41-21-28(33(44-35)42-24-6-4-3-5-7-24)27-18-23(22-48)31(20-29(27)37)51-34(49)36(38,39)40/h3-9,18-22,25H,10-17H2,1-2H3,(H2,41,42,43,44). The molecule has 51 heavy (non-hydrogen) atoms. The number of benzene rings is 3. The van der Waals surface area contributed by atoms with Crippen molar-refractivity contribution in [1.29, 1.82) is 0 Å². The van der Waals surface area contributed by atoms with Gasteiger partial charge in [-0.3, -0.25) is 9.69 Å². The molecule has 0 radical (unpaired) electrons. The van der Waals surface area contributed by atoms with Crippen molar-refractivity contribution in [3.8, 4) is 22.6 Å². The first-order chi connectivity index (χ1) is 24.5. The van der Waals surface area contributed by atoms with Crippen molar-refractivity contribution in [3.63, 3.8) is 0 Å². The van der Waals surface area contributed by atoms with Crippen LogP contribution in [0.1, 0.15) is 23.2 Å². The second kappa shape index (κ2) is 15.3. The molecule has 268 valence electrons. The van der Waals surface area contributed by atoms with E-state index in [9.17, 15) is 22.8 Å².